The number of fused-ring (bicyclic) bond motifs is 6. The Morgan fingerprint density at radius 2 is 1.52 bits per heavy atom. The zero-order valence-electron chi connectivity index (χ0n) is 71.8. The van der Waals surface area contributed by atoms with Crippen molar-refractivity contribution in [3.63, 3.8) is 0 Å². The van der Waals surface area contributed by atoms with Gasteiger partial charge in [0, 0.05) is 76.0 Å². The van der Waals surface area contributed by atoms with Crippen LogP contribution in [-0.4, -0.2) is 258 Å². The van der Waals surface area contributed by atoms with E-state index in [0.717, 1.165) is 55.0 Å². The topological polar surface area (TPSA) is 447 Å². The lowest BCUT2D eigenvalue weighted by atomic mass is 9.83. The number of ether oxygens (including phenoxy) is 5. The van der Waals surface area contributed by atoms with Gasteiger partial charge in [-0.3, -0.25) is 48.5 Å². The molecule has 3 saturated heterocycles. The monoisotopic (exact) mass is 1790 g/mol. The Bertz CT molecular complexity index is 4480. The minimum atomic E-state index is -1.93. The van der Waals surface area contributed by atoms with Crippen LogP contribution in [0.1, 0.15) is 127 Å². The van der Waals surface area contributed by atoms with Crippen LogP contribution in [0.4, 0.5) is 10.5 Å². The van der Waals surface area contributed by atoms with Crippen molar-refractivity contribution >= 4 is 121 Å². The zero-order valence-corrected chi connectivity index (χ0v) is 75.0. The van der Waals surface area contributed by atoms with Gasteiger partial charge in [-0.1, -0.05) is 155 Å². The predicted molar refractivity (Wildman–Crippen MR) is 475 cm³/mol. The summed E-state index contributed by atoms with van der Waals surface area (Å²) in [6, 6.07) is 18.7. The lowest BCUT2D eigenvalue weighted by Gasteiger charge is -2.42. The molecule has 4 heterocycles. The maximum absolute atomic E-state index is 15.5. The molecule has 0 spiro atoms. The highest BCUT2D eigenvalue weighted by atomic mass is 35.5. The quantitative estimate of drug-likeness (QED) is 0.0137. The number of hydrogen-bond acceptors (Lipinski definition) is 25. The largest absolute Gasteiger partial charge is 0.495 e. The second-order valence-electron chi connectivity index (χ2n) is 32.5. The number of Topliss-reactive ketones (excluding diaryl/α,β-unsaturated/α-hetero) is 1. The highest BCUT2D eigenvalue weighted by molar-refractivity contribution is 8.76. The number of rotatable bonds is 30. The van der Waals surface area contributed by atoms with Crippen LogP contribution in [0.15, 0.2) is 127 Å². The molecule has 4 bridgehead atoms. The summed E-state index contributed by atoms with van der Waals surface area (Å²) in [5.41, 5.74) is 8.57. The first-order valence-corrected chi connectivity index (χ1v) is 46.0. The molecule has 4 aliphatic heterocycles. The fourth-order valence-corrected chi connectivity index (χ4v) is 19.0. The first kappa shape index (κ1) is 98.9. The fourth-order valence-electron chi connectivity index (χ4n) is 15.5. The summed E-state index contributed by atoms with van der Waals surface area (Å²) in [7, 11) is 7.95. The number of hydrogen-bond donors (Lipinski definition) is 13. The van der Waals surface area contributed by atoms with Crippen LogP contribution in [0.3, 0.4) is 0 Å². The summed E-state index contributed by atoms with van der Waals surface area (Å²) in [5, 5.41) is 66.5. The number of nitrogens with one attached hydrogen (secondary N) is 8. The molecule has 1 aliphatic carbocycles. The second-order valence-corrected chi connectivity index (χ2v) is 36.7. The number of alkyl carbamates (subject to hydrolysis) is 1. The molecule has 35 heteroatoms. The molecule has 18 atom stereocenters. The molecule has 14 N–H and O–H groups in total. The van der Waals surface area contributed by atoms with E-state index in [4.69, 9.17) is 41.0 Å². The normalized spacial score (nSPS) is 27.0. The van der Waals surface area contributed by atoms with Crippen molar-refractivity contribution in [2.75, 3.05) is 75.9 Å². The lowest BCUT2D eigenvalue weighted by molar-refractivity contribution is -0.162. The van der Waals surface area contributed by atoms with Crippen LogP contribution in [-0.2, 0) is 92.6 Å². The number of methoxy groups -OCH3 is 2. The molecule has 9 rings (SSSR count). The van der Waals surface area contributed by atoms with E-state index in [2.05, 4.69) is 42.5 Å². The lowest BCUT2D eigenvalue weighted by Crippen LogP contribution is -2.63. The maximum atomic E-state index is 15.5. The number of carbonyl (C=O) groups excluding carboxylic acids is 11. The van der Waals surface area contributed by atoms with E-state index in [9.17, 15) is 54.0 Å². The Labute approximate surface area is 741 Å². The fraction of sp³-hybridized carbons (Fsp3) is 0.539. The van der Waals surface area contributed by atoms with E-state index in [0.29, 0.717) is 60.6 Å². The molecule has 4 aromatic rings. The molecular weight excluding hydrogens is 1670 g/mol. The number of benzene rings is 4. The van der Waals surface area contributed by atoms with Crippen LogP contribution in [0.5, 0.6) is 5.75 Å². The van der Waals surface area contributed by atoms with Gasteiger partial charge in [-0.05, 0) is 150 Å². The Hall–Kier alpha value is -8.91. The number of esters is 1. The highest BCUT2D eigenvalue weighted by Crippen LogP contribution is 2.50. The minimum Gasteiger partial charge on any atom is -0.495 e. The Morgan fingerprint density at radius 1 is 0.839 bits per heavy atom. The molecular formula is C89H120ClN11O20S3. The summed E-state index contributed by atoms with van der Waals surface area (Å²) in [4.78, 5) is 163. The van der Waals surface area contributed by atoms with E-state index in [1.54, 1.807) is 68.5 Å². The number of allylic oxidation sites excluding steroid dienone is 4. The van der Waals surface area contributed by atoms with Crippen molar-refractivity contribution < 1.29 is 96.9 Å². The van der Waals surface area contributed by atoms with Crippen molar-refractivity contribution in [2.24, 2.45) is 17.6 Å². The maximum Gasteiger partial charge on any atom is 0.409 e. The van der Waals surface area contributed by atoms with Crippen LogP contribution in [0.25, 0.3) is 5.57 Å². The van der Waals surface area contributed by atoms with Gasteiger partial charge < -0.3 is 96.9 Å². The van der Waals surface area contributed by atoms with Gasteiger partial charge in [-0.15, -0.1) is 0 Å². The molecule has 31 nitrogen and oxygen atoms in total. The smallest absolute Gasteiger partial charge is 0.409 e. The number of aliphatic hydroxyl groups excluding tert-OH is 3. The third kappa shape index (κ3) is 27.3. The average molecular weight is 1800 g/mol. The van der Waals surface area contributed by atoms with Crippen molar-refractivity contribution in [3.8, 4) is 5.75 Å². The van der Waals surface area contributed by atoms with Gasteiger partial charge in [-0.25, -0.2) is 9.59 Å². The second kappa shape index (κ2) is 47.1. The number of epoxide rings is 1. The number of halogens is 1. The number of nitrogens with two attached hydrogens (primary N) is 1. The summed E-state index contributed by atoms with van der Waals surface area (Å²) >= 11 is 8.37. The molecule has 3 fully saturated rings. The van der Waals surface area contributed by atoms with Gasteiger partial charge in [0.25, 0.3) is 0 Å². The van der Waals surface area contributed by atoms with E-state index in [1.807, 2.05) is 73.7 Å². The highest BCUT2D eigenvalue weighted by Gasteiger charge is 2.65. The number of thioether (sulfide) groups is 1. The third-order valence-corrected chi connectivity index (χ3v) is 27.1. The number of amides is 9. The number of anilines is 1. The molecule has 4 aromatic carbocycles. The molecule has 0 saturated carbocycles. The first-order valence-electron chi connectivity index (χ1n) is 42.0. The molecule has 124 heavy (non-hydrogen) atoms. The Balaban J connectivity index is 0.908. The van der Waals surface area contributed by atoms with Gasteiger partial charge in [0.1, 0.15) is 64.9 Å². The SMILES string of the molecule is COc1cc2cc(c1Cl)N(C)C(=O)C[C@H](OC(=O)[C@H](C)N(C)C(=O)CCSCCCN[C@H](Cc1ccccc1)C(=O)N[C@H]1CSSC[C@@H](C(=O)N[C@H](CO)[C@@H](C)O)NC(=O)[C@H]([C@@H](C)O)NC(=O)[C@H](CCCCN)NC(=O)[C@@H](CC3=CCc4ccccc43)NC(=O)[C@H](Cc3ccccc3)CC1=O)[C@]1(C)O[C@H]1[C@H](C)[C@@H]1C[C@@](O)(NC(=O)O1)[C@H](OC)/C=C/C=C(\C)C2. The number of carbonyl (C=O) groups is 11. The number of nitrogens with zero attached hydrogens (tertiary/aromatic N) is 2. The summed E-state index contributed by atoms with van der Waals surface area (Å²) in [6.45, 7) is 9.26. The van der Waals surface area contributed by atoms with Crippen molar-refractivity contribution in [1.82, 2.24) is 47.4 Å². The van der Waals surface area contributed by atoms with E-state index >= 15 is 19.2 Å². The predicted octanol–water partition coefficient (Wildman–Crippen LogP) is 5.26. The molecule has 9 amide bonds. The van der Waals surface area contributed by atoms with Crippen LogP contribution >= 0.6 is 45.0 Å². The van der Waals surface area contributed by atoms with Gasteiger partial charge in [0.2, 0.25) is 47.3 Å². The van der Waals surface area contributed by atoms with Crippen LogP contribution < -0.4 is 57.9 Å². The average Bonchev–Trinajstić information content (AvgIpc) is 1.57. The molecule has 0 aromatic heterocycles. The Morgan fingerprint density at radius 3 is 2.21 bits per heavy atom. The summed E-state index contributed by atoms with van der Waals surface area (Å²) in [6.07, 6.45) is 0.617. The molecule has 0 radical (unpaired) electrons. The summed E-state index contributed by atoms with van der Waals surface area (Å²) < 4.78 is 29.8. The summed E-state index contributed by atoms with van der Waals surface area (Å²) in [5.74, 6) is -8.18. The number of aliphatic hydroxyl groups is 4. The Kier molecular flexibility index (Phi) is 37.5. The molecule has 5 aliphatic rings. The zero-order chi connectivity index (χ0) is 90.1. The minimum absolute atomic E-state index is 0.00402. The number of unbranched alkanes of at least 4 members (excludes halogenated alkanes) is 1. The van der Waals surface area contributed by atoms with Gasteiger partial charge in [0.05, 0.1) is 62.3 Å². The van der Waals surface area contributed by atoms with Crippen LogP contribution in [0, 0.1) is 11.8 Å². The van der Waals surface area contributed by atoms with E-state index < -0.39 is 193 Å². The third-order valence-electron chi connectivity index (χ3n) is 23.2. The standard InChI is InChI=1S/C89H120ClN11O20S3/c1-51-23-21-31-73(118-10)89(116)47-72(119-87(115)99-89)52(2)79-88(6,121-79)74(46-76(107)101(8)69-42-58(39-51)43-71(117-9)77(69)90)120-86(114)53(3)100(7)75(106)34-38-122-37-22-36-92-64(41-57-26-15-12-16-27-57)82(110)96-67-49-123-124-50-68(84(112)95-66(48-102)54(4)103)97-85(113)78(55(5)104)98-81(109)63(30-19-20-35-91)93-83(111)65(44-60-33-32-59-28-17-18-29-62(59)60)94-80(108)61(45-70(67)105)40-56-24-13-11-14-25-56/h11-18,21,23-29,31,33,42-43,52-55,61,63-68,72-74,78-79,92,102-104,116H,19-20,22,30,32,34-41,44-50,91H2,1-10H3,(H,93,111)(H,94,108)(H,95,112)(H,96,110)(H,97,113)(H,98,109)(H,99,115)/b31-21+,51-23+/t52-,53+,54-,55-,61-,63+,64-,65-,66-,67+,68+,72+,73-,74+,78+,79+,88+,89+/m1/s1. The number of ketones is 1. The number of likely N-dealkylation sites (N-methyl/N-ethyl adjacent to an activating group) is 1. The van der Waals surface area contributed by atoms with Crippen molar-refractivity contribution in [1.29, 1.82) is 0 Å². The van der Waals surface area contributed by atoms with Crippen LogP contribution in [0.2, 0.25) is 5.02 Å². The van der Waals surface area contributed by atoms with Gasteiger partial charge in [0.15, 0.2) is 11.5 Å². The van der Waals surface area contributed by atoms with Gasteiger partial charge in [-0.2, -0.15) is 11.8 Å². The molecule has 676 valence electrons. The van der Waals surface area contributed by atoms with Crippen molar-refractivity contribution in [3.05, 3.63) is 160 Å². The first-order chi connectivity index (χ1) is 59.2. The van der Waals surface area contributed by atoms with E-state index in [1.165, 1.54) is 70.6 Å². The molecule has 0 unspecified atom stereocenters. The van der Waals surface area contributed by atoms with Crippen molar-refractivity contribution in [2.45, 2.75) is 221 Å². The van der Waals surface area contributed by atoms with Gasteiger partial charge >= 0.3 is 12.1 Å². The van der Waals surface area contributed by atoms with E-state index in [-0.39, 0.29) is 68.1 Å².